The first kappa shape index (κ1) is 17.4. The van der Waals surface area contributed by atoms with E-state index in [0.29, 0.717) is 18.3 Å². The number of carbonyl (C=O) groups excluding carboxylic acids is 1. The molecule has 2 aromatic rings. The predicted molar refractivity (Wildman–Crippen MR) is 94.0 cm³/mol. The second-order valence-corrected chi connectivity index (χ2v) is 6.60. The zero-order valence-corrected chi connectivity index (χ0v) is 14.7. The Balaban J connectivity index is 1.55. The van der Waals surface area contributed by atoms with E-state index in [1.165, 1.54) is 0 Å². The van der Waals surface area contributed by atoms with E-state index in [2.05, 4.69) is 45.2 Å². The monoisotopic (exact) mass is 344 g/mol. The number of hydrogen-bond donors (Lipinski definition) is 4. The summed E-state index contributed by atoms with van der Waals surface area (Å²) in [6.07, 6.45) is 1.44. The van der Waals surface area contributed by atoms with Gasteiger partial charge in [0.1, 0.15) is 17.6 Å². The Hall–Kier alpha value is -2.45. The van der Waals surface area contributed by atoms with Gasteiger partial charge in [-0.2, -0.15) is 4.98 Å². The molecule has 1 aromatic heterocycles. The first-order valence-electron chi connectivity index (χ1n) is 8.42. The molecule has 3 rings (SSSR count). The summed E-state index contributed by atoms with van der Waals surface area (Å²) in [5.74, 6) is 2.22. The number of aromatic amines is 1. The normalized spacial score (nSPS) is 20.0. The zero-order chi connectivity index (χ0) is 17.8. The summed E-state index contributed by atoms with van der Waals surface area (Å²) in [5, 5.41) is 9.65. The van der Waals surface area contributed by atoms with Crippen LogP contribution in [0.1, 0.15) is 37.7 Å². The first-order chi connectivity index (χ1) is 12.0. The van der Waals surface area contributed by atoms with Crippen molar-refractivity contribution in [3.63, 3.8) is 0 Å². The number of aromatic nitrogens is 3. The Morgan fingerprint density at radius 2 is 2.08 bits per heavy atom. The maximum absolute atomic E-state index is 12.4. The minimum atomic E-state index is -0.348. The van der Waals surface area contributed by atoms with Gasteiger partial charge in [-0.1, -0.05) is 26.0 Å². The van der Waals surface area contributed by atoms with Crippen molar-refractivity contribution in [2.75, 3.05) is 12.4 Å². The minimum absolute atomic E-state index is 0.0605. The van der Waals surface area contributed by atoms with Gasteiger partial charge in [-0.05, 0) is 30.0 Å². The summed E-state index contributed by atoms with van der Waals surface area (Å²) in [7, 11) is 1.64. The molecule has 0 aliphatic carbocycles. The third-order valence-corrected chi connectivity index (χ3v) is 4.11. The molecule has 1 amide bonds. The number of methoxy groups -OCH3 is 1. The summed E-state index contributed by atoms with van der Waals surface area (Å²) in [6.45, 7) is 4.21. The quantitative estimate of drug-likeness (QED) is 0.634. The van der Waals surface area contributed by atoms with Crippen molar-refractivity contribution in [3.8, 4) is 5.75 Å². The maximum atomic E-state index is 12.4. The number of anilines is 1. The number of rotatable bonds is 6. The molecule has 1 aromatic carbocycles. The molecule has 2 atom stereocenters. The lowest BCUT2D eigenvalue weighted by atomic mass is 10.0. The van der Waals surface area contributed by atoms with Crippen LogP contribution in [0.4, 0.5) is 5.95 Å². The molecule has 25 heavy (non-hydrogen) atoms. The smallest absolute Gasteiger partial charge is 0.248 e. The summed E-state index contributed by atoms with van der Waals surface area (Å²) in [6, 6.07) is 7.52. The van der Waals surface area contributed by atoms with Gasteiger partial charge in [-0.3, -0.25) is 15.2 Å². The standard InChI is InChI=1S/C17H24N6O2/c1-10(2)8-15-18-17(23-22-15)19-16(24)14-9-13(20-21-14)11-4-6-12(25-3)7-5-11/h4-7,10,13-14,20-21H,8-9H2,1-3H3,(H2,18,19,22,23,24). The van der Waals surface area contributed by atoms with Gasteiger partial charge >= 0.3 is 0 Å². The molecule has 8 nitrogen and oxygen atoms in total. The molecule has 0 spiro atoms. The SMILES string of the molecule is COc1ccc(C2CC(C(=O)Nc3n[nH]c(CC(C)C)n3)NN2)cc1. The third-order valence-electron chi connectivity index (χ3n) is 4.11. The van der Waals surface area contributed by atoms with Crippen LogP contribution in [0.25, 0.3) is 0 Å². The highest BCUT2D eigenvalue weighted by atomic mass is 16.5. The van der Waals surface area contributed by atoms with Crippen molar-refractivity contribution in [3.05, 3.63) is 35.7 Å². The molecule has 0 radical (unpaired) electrons. The Morgan fingerprint density at radius 1 is 1.32 bits per heavy atom. The summed E-state index contributed by atoms with van der Waals surface area (Å²) < 4.78 is 5.17. The van der Waals surface area contributed by atoms with Gasteiger partial charge in [0.25, 0.3) is 0 Å². The Bertz CT molecular complexity index is 712. The number of benzene rings is 1. The highest BCUT2D eigenvalue weighted by Crippen LogP contribution is 2.24. The lowest BCUT2D eigenvalue weighted by molar-refractivity contribution is -0.117. The fourth-order valence-corrected chi connectivity index (χ4v) is 2.81. The van der Waals surface area contributed by atoms with Crippen LogP contribution in [0.3, 0.4) is 0 Å². The Labute approximate surface area is 146 Å². The molecular formula is C17H24N6O2. The van der Waals surface area contributed by atoms with Crippen molar-refractivity contribution in [1.29, 1.82) is 0 Å². The maximum Gasteiger partial charge on any atom is 0.248 e. The molecule has 1 saturated heterocycles. The number of hydrazine groups is 1. The number of amides is 1. The first-order valence-corrected chi connectivity index (χ1v) is 8.42. The highest BCUT2D eigenvalue weighted by molar-refractivity contribution is 5.93. The van der Waals surface area contributed by atoms with Gasteiger partial charge in [0.05, 0.1) is 7.11 Å². The average molecular weight is 344 g/mol. The molecule has 8 heteroatoms. The lowest BCUT2D eigenvalue weighted by Crippen LogP contribution is -2.39. The van der Waals surface area contributed by atoms with E-state index >= 15 is 0 Å². The topological polar surface area (TPSA) is 104 Å². The lowest BCUT2D eigenvalue weighted by Gasteiger charge is -2.10. The van der Waals surface area contributed by atoms with Crippen molar-refractivity contribution in [2.45, 2.75) is 38.8 Å². The molecule has 0 saturated carbocycles. The summed E-state index contributed by atoms with van der Waals surface area (Å²) >= 11 is 0. The van der Waals surface area contributed by atoms with E-state index in [9.17, 15) is 4.79 Å². The van der Waals surface area contributed by atoms with Gasteiger partial charge in [0.15, 0.2) is 0 Å². The van der Waals surface area contributed by atoms with Crippen LogP contribution in [0.2, 0.25) is 0 Å². The van der Waals surface area contributed by atoms with Gasteiger partial charge in [0, 0.05) is 12.5 Å². The van der Waals surface area contributed by atoms with E-state index in [-0.39, 0.29) is 18.0 Å². The van der Waals surface area contributed by atoms with Gasteiger partial charge in [-0.25, -0.2) is 10.9 Å². The second-order valence-electron chi connectivity index (χ2n) is 6.60. The second kappa shape index (κ2) is 7.62. The molecule has 0 bridgehead atoms. The molecular weight excluding hydrogens is 320 g/mol. The van der Waals surface area contributed by atoms with Gasteiger partial charge < -0.3 is 4.74 Å². The number of nitrogens with zero attached hydrogens (tertiary/aromatic N) is 2. The predicted octanol–water partition coefficient (Wildman–Crippen LogP) is 1.56. The third kappa shape index (κ3) is 4.34. The molecule has 2 heterocycles. The fraction of sp³-hybridized carbons (Fsp3) is 0.471. The van der Waals surface area contributed by atoms with Crippen LogP contribution in [-0.2, 0) is 11.2 Å². The van der Waals surface area contributed by atoms with E-state index < -0.39 is 0 Å². The van der Waals surface area contributed by atoms with E-state index in [1.807, 2.05) is 24.3 Å². The van der Waals surface area contributed by atoms with Crippen LogP contribution in [-0.4, -0.2) is 34.2 Å². The number of ether oxygens (including phenoxy) is 1. The van der Waals surface area contributed by atoms with E-state index in [0.717, 1.165) is 23.6 Å². The van der Waals surface area contributed by atoms with Crippen molar-refractivity contribution in [1.82, 2.24) is 26.0 Å². The van der Waals surface area contributed by atoms with Crippen LogP contribution in [0, 0.1) is 5.92 Å². The van der Waals surface area contributed by atoms with Crippen LogP contribution < -0.4 is 20.9 Å². The van der Waals surface area contributed by atoms with Crippen LogP contribution >= 0.6 is 0 Å². The Kier molecular flexibility index (Phi) is 5.30. The van der Waals surface area contributed by atoms with Gasteiger partial charge in [0.2, 0.25) is 11.9 Å². The summed E-state index contributed by atoms with van der Waals surface area (Å²) in [5.41, 5.74) is 7.29. The largest absolute Gasteiger partial charge is 0.497 e. The van der Waals surface area contributed by atoms with Gasteiger partial charge in [-0.15, -0.1) is 5.10 Å². The number of hydrogen-bond acceptors (Lipinski definition) is 6. The van der Waals surface area contributed by atoms with Crippen LogP contribution in [0.15, 0.2) is 24.3 Å². The van der Waals surface area contributed by atoms with E-state index in [4.69, 9.17) is 4.74 Å². The van der Waals surface area contributed by atoms with E-state index in [1.54, 1.807) is 7.11 Å². The molecule has 1 fully saturated rings. The number of carbonyl (C=O) groups is 1. The fourth-order valence-electron chi connectivity index (χ4n) is 2.81. The number of H-pyrrole nitrogens is 1. The zero-order valence-electron chi connectivity index (χ0n) is 14.7. The molecule has 134 valence electrons. The summed E-state index contributed by atoms with van der Waals surface area (Å²) in [4.78, 5) is 16.7. The molecule has 1 aliphatic heterocycles. The molecule has 2 unspecified atom stereocenters. The average Bonchev–Trinajstić information content (AvgIpc) is 3.24. The highest BCUT2D eigenvalue weighted by Gasteiger charge is 2.30. The number of nitrogens with one attached hydrogen (secondary N) is 4. The molecule has 1 aliphatic rings. The van der Waals surface area contributed by atoms with Crippen molar-refractivity contribution in [2.24, 2.45) is 5.92 Å². The van der Waals surface area contributed by atoms with Crippen molar-refractivity contribution >= 4 is 11.9 Å². The molecule has 4 N–H and O–H groups in total. The van der Waals surface area contributed by atoms with Crippen LogP contribution in [0.5, 0.6) is 5.75 Å². The van der Waals surface area contributed by atoms with Crippen molar-refractivity contribution < 1.29 is 9.53 Å². The minimum Gasteiger partial charge on any atom is -0.497 e. The Morgan fingerprint density at radius 3 is 2.76 bits per heavy atom.